The van der Waals surface area contributed by atoms with E-state index in [1.165, 1.54) is 0 Å². The fraction of sp³-hybridized carbons (Fsp3) is 0.368. The van der Waals surface area contributed by atoms with Gasteiger partial charge in [0, 0.05) is 25.7 Å². The number of aromatic nitrogens is 2. The zero-order valence-electron chi connectivity index (χ0n) is 14.1. The highest BCUT2D eigenvalue weighted by Gasteiger charge is 2.27. The van der Waals surface area contributed by atoms with Crippen molar-refractivity contribution in [1.29, 1.82) is 5.26 Å². The summed E-state index contributed by atoms with van der Waals surface area (Å²) in [6.45, 7) is 1.63. The first-order valence-electron chi connectivity index (χ1n) is 8.53. The SMILES string of the molecule is CN(C(=O)c1ccc(-c2ccc(C3CC3)c(C#N)c2)nn1)C1CNC1. The van der Waals surface area contributed by atoms with Crippen LogP contribution in [-0.4, -0.2) is 47.2 Å². The van der Waals surface area contributed by atoms with Crippen LogP contribution in [0.2, 0.25) is 0 Å². The Labute approximate surface area is 146 Å². The molecule has 1 N–H and O–H groups in total. The van der Waals surface area contributed by atoms with Crippen LogP contribution in [0.4, 0.5) is 0 Å². The monoisotopic (exact) mass is 333 g/mol. The van der Waals surface area contributed by atoms with Gasteiger partial charge in [-0.1, -0.05) is 12.1 Å². The van der Waals surface area contributed by atoms with E-state index in [0.29, 0.717) is 22.9 Å². The third-order valence-corrected chi connectivity index (χ3v) is 5.00. The number of amides is 1. The predicted octanol–water partition coefficient (Wildman–Crippen LogP) is 1.94. The number of nitrogens with zero attached hydrogens (tertiary/aromatic N) is 4. The van der Waals surface area contributed by atoms with Crippen LogP contribution in [0, 0.1) is 11.3 Å². The number of nitrogens with one attached hydrogen (secondary N) is 1. The van der Waals surface area contributed by atoms with Crippen LogP contribution in [0.1, 0.15) is 40.4 Å². The number of carbonyl (C=O) groups is 1. The van der Waals surface area contributed by atoms with Crippen molar-refractivity contribution < 1.29 is 4.79 Å². The second kappa shape index (κ2) is 6.26. The predicted molar refractivity (Wildman–Crippen MR) is 92.9 cm³/mol. The second-order valence-electron chi connectivity index (χ2n) is 6.72. The van der Waals surface area contributed by atoms with E-state index in [2.05, 4.69) is 21.6 Å². The zero-order chi connectivity index (χ0) is 17.4. The number of rotatable bonds is 4. The van der Waals surface area contributed by atoms with E-state index in [9.17, 15) is 10.1 Å². The van der Waals surface area contributed by atoms with E-state index in [1.54, 1.807) is 24.1 Å². The van der Waals surface area contributed by atoms with Crippen LogP contribution in [0.15, 0.2) is 30.3 Å². The van der Waals surface area contributed by atoms with Crippen molar-refractivity contribution in [2.24, 2.45) is 0 Å². The number of carbonyl (C=O) groups excluding carboxylic acids is 1. The van der Waals surface area contributed by atoms with Gasteiger partial charge in [0.15, 0.2) is 5.69 Å². The smallest absolute Gasteiger partial charge is 0.274 e. The molecule has 1 saturated heterocycles. The zero-order valence-corrected chi connectivity index (χ0v) is 14.1. The Morgan fingerprint density at radius 2 is 2.04 bits per heavy atom. The van der Waals surface area contributed by atoms with Gasteiger partial charge < -0.3 is 10.2 Å². The Hall–Kier alpha value is -2.78. The van der Waals surface area contributed by atoms with Crippen molar-refractivity contribution in [3.8, 4) is 17.3 Å². The lowest BCUT2D eigenvalue weighted by Gasteiger charge is -2.35. The van der Waals surface area contributed by atoms with Gasteiger partial charge in [0.1, 0.15) is 0 Å². The van der Waals surface area contributed by atoms with Crippen LogP contribution in [-0.2, 0) is 0 Å². The fourth-order valence-electron chi connectivity index (χ4n) is 3.06. The second-order valence-corrected chi connectivity index (χ2v) is 6.72. The highest BCUT2D eigenvalue weighted by atomic mass is 16.2. The van der Waals surface area contributed by atoms with Crippen molar-refractivity contribution in [2.75, 3.05) is 20.1 Å². The summed E-state index contributed by atoms with van der Waals surface area (Å²) in [4.78, 5) is 14.1. The molecule has 1 aliphatic heterocycles. The lowest BCUT2D eigenvalue weighted by Crippen LogP contribution is -2.57. The first-order valence-corrected chi connectivity index (χ1v) is 8.53. The Bertz CT molecular complexity index is 847. The molecular formula is C19H19N5O. The molecule has 4 rings (SSSR count). The molecule has 0 unspecified atom stereocenters. The molecule has 0 atom stereocenters. The normalized spacial score (nSPS) is 16.8. The molecule has 2 aliphatic rings. The van der Waals surface area contributed by atoms with Crippen LogP contribution >= 0.6 is 0 Å². The van der Waals surface area contributed by atoms with Crippen molar-refractivity contribution >= 4 is 5.91 Å². The summed E-state index contributed by atoms with van der Waals surface area (Å²) in [5, 5.41) is 20.8. The number of nitriles is 1. The molecule has 1 aromatic carbocycles. The Morgan fingerprint density at radius 1 is 1.24 bits per heavy atom. The summed E-state index contributed by atoms with van der Waals surface area (Å²) in [6, 6.07) is 11.9. The van der Waals surface area contributed by atoms with E-state index >= 15 is 0 Å². The molecule has 1 saturated carbocycles. The van der Waals surface area contributed by atoms with E-state index in [-0.39, 0.29) is 11.9 Å². The summed E-state index contributed by atoms with van der Waals surface area (Å²) in [7, 11) is 1.79. The van der Waals surface area contributed by atoms with Gasteiger partial charge in [-0.3, -0.25) is 4.79 Å². The van der Waals surface area contributed by atoms with Gasteiger partial charge in [0.25, 0.3) is 5.91 Å². The first-order chi connectivity index (χ1) is 12.2. The molecule has 25 heavy (non-hydrogen) atoms. The highest BCUT2D eigenvalue weighted by molar-refractivity contribution is 5.92. The Morgan fingerprint density at radius 3 is 2.60 bits per heavy atom. The minimum absolute atomic E-state index is 0.118. The number of hydrogen-bond acceptors (Lipinski definition) is 5. The third kappa shape index (κ3) is 2.99. The molecule has 0 bridgehead atoms. The van der Waals surface area contributed by atoms with Crippen molar-refractivity contribution in [2.45, 2.75) is 24.8 Å². The topological polar surface area (TPSA) is 81.9 Å². The molecule has 1 aromatic heterocycles. The first kappa shape index (κ1) is 15.7. The molecule has 2 fully saturated rings. The quantitative estimate of drug-likeness (QED) is 0.924. The van der Waals surface area contributed by atoms with Gasteiger partial charge >= 0.3 is 0 Å². The summed E-state index contributed by atoms with van der Waals surface area (Å²) in [6.07, 6.45) is 2.32. The van der Waals surface area contributed by atoms with Crippen LogP contribution in [0.5, 0.6) is 0 Å². The summed E-state index contributed by atoms with van der Waals surface area (Å²) in [5.74, 6) is 0.415. The number of likely N-dealkylation sites (N-methyl/N-ethyl adjacent to an activating group) is 1. The minimum atomic E-state index is -0.118. The van der Waals surface area contributed by atoms with Gasteiger partial charge in [0.2, 0.25) is 0 Å². The van der Waals surface area contributed by atoms with Crippen molar-refractivity contribution in [3.63, 3.8) is 0 Å². The van der Waals surface area contributed by atoms with Gasteiger partial charge in [-0.25, -0.2) is 0 Å². The Balaban J connectivity index is 1.55. The molecule has 126 valence electrons. The van der Waals surface area contributed by atoms with Crippen molar-refractivity contribution in [1.82, 2.24) is 20.4 Å². The average molecular weight is 333 g/mol. The highest BCUT2D eigenvalue weighted by Crippen LogP contribution is 2.42. The number of hydrogen-bond donors (Lipinski definition) is 1. The van der Waals surface area contributed by atoms with Crippen LogP contribution < -0.4 is 5.32 Å². The van der Waals surface area contributed by atoms with Crippen LogP contribution in [0.3, 0.4) is 0 Å². The summed E-state index contributed by atoms with van der Waals surface area (Å²) >= 11 is 0. The molecule has 0 spiro atoms. The molecular weight excluding hydrogens is 314 g/mol. The van der Waals surface area contributed by atoms with E-state index < -0.39 is 0 Å². The van der Waals surface area contributed by atoms with E-state index in [4.69, 9.17) is 0 Å². The molecule has 2 aromatic rings. The van der Waals surface area contributed by atoms with Crippen molar-refractivity contribution in [3.05, 3.63) is 47.2 Å². The number of benzene rings is 1. The summed E-state index contributed by atoms with van der Waals surface area (Å²) < 4.78 is 0. The minimum Gasteiger partial charge on any atom is -0.335 e. The molecule has 1 amide bonds. The van der Waals surface area contributed by atoms with E-state index in [1.807, 2.05) is 18.2 Å². The summed E-state index contributed by atoms with van der Waals surface area (Å²) in [5.41, 5.74) is 3.70. The molecule has 1 aliphatic carbocycles. The Kier molecular flexibility index (Phi) is 3.94. The maximum absolute atomic E-state index is 12.4. The third-order valence-electron chi connectivity index (χ3n) is 5.00. The lowest BCUT2D eigenvalue weighted by atomic mass is 9.99. The largest absolute Gasteiger partial charge is 0.335 e. The maximum Gasteiger partial charge on any atom is 0.274 e. The fourth-order valence-corrected chi connectivity index (χ4v) is 3.06. The average Bonchev–Trinajstić information content (AvgIpc) is 3.44. The lowest BCUT2D eigenvalue weighted by molar-refractivity contribution is 0.0674. The van der Waals surface area contributed by atoms with Gasteiger partial charge in [0.05, 0.1) is 23.4 Å². The van der Waals surface area contributed by atoms with E-state index in [0.717, 1.165) is 37.1 Å². The van der Waals surface area contributed by atoms with Crippen LogP contribution in [0.25, 0.3) is 11.3 Å². The maximum atomic E-state index is 12.4. The molecule has 6 heteroatoms. The molecule has 2 heterocycles. The van der Waals surface area contributed by atoms with Gasteiger partial charge in [-0.2, -0.15) is 5.26 Å². The van der Waals surface area contributed by atoms with Gasteiger partial charge in [-0.05, 0) is 42.5 Å². The molecule has 0 radical (unpaired) electrons. The standard InChI is InChI=1S/C19H19N5O/c1-24(15-10-21-11-15)19(25)18-7-6-17(22-23-18)13-4-5-16(12-2-3-12)14(8-13)9-20/h4-8,12,15,21H,2-3,10-11H2,1H3. The van der Waals surface area contributed by atoms with Gasteiger partial charge in [-0.15, -0.1) is 10.2 Å². The molecule has 6 nitrogen and oxygen atoms in total.